The standard InChI is InChI=1S/C16H25N5O5S/c1-12-3-6-20(19-12)10-14(22)17-13-9-21(27(2,24)25)11-16(18-15(13)23)4-7-26-8-5-16/h3,6,13H,4-5,7-11H2,1-2H3,(H,17,22)(H,18,23). The third-order valence-corrected chi connectivity index (χ3v) is 6.12. The van der Waals surface area contributed by atoms with E-state index in [1.54, 1.807) is 12.3 Å². The first-order chi connectivity index (χ1) is 12.7. The molecule has 150 valence electrons. The number of ether oxygens (including phenoxy) is 1. The number of sulfonamides is 1. The first-order valence-electron chi connectivity index (χ1n) is 8.81. The molecular formula is C16H25N5O5S. The van der Waals surface area contributed by atoms with E-state index in [2.05, 4.69) is 15.7 Å². The van der Waals surface area contributed by atoms with Crippen molar-refractivity contribution in [1.82, 2.24) is 24.7 Å². The quantitative estimate of drug-likeness (QED) is 0.643. The Balaban J connectivity index is 1.75. The van der Waals surface area contributed by atoms with Crippen molar-refractivity contribution in [2.24, 2.45) is 0 Å². The fraction of sp³-hybridized carbons (Fsp3) is 0.688. The molecule has 1 aromatic rings. The second-order valence-corrected chi connectivity index (χ2v) is 9.19. The van der Waals surface area contributed by atoms with Crippen molar-refractivity contribution in [3.05, 3.63) is 18.0 Å². The van der Waals surface area contributed by atoms with Gasteiger partial charge in [-0.05, 0) is 25.8 Å². The van der Waals surface area contributed by atoms with Crippen molar-refractivity contribution in [3.8, 4) is 0 Å². The number of rotatable bonds is 4. The van der Waals surface area contributed by atoms with Gasteiger partial charge in [0, 0.05) is 32.5 Å². The SMILES string of the molecule is Cc1ccn(CC(=O)NC2CN(S(C)(=O)=O)CC3(CCOCC3)NC2=O)n1. The highest BCUT2D eigenvalue weighted by atomic mass is 32.2. The van der Waals surface area contributed by atoms with Crippen molar-refractivity contribution in [2.75, 3.05) is 32.6 Å². The van der Waals surface area contributed by atoms with Crippen LogP contribution in [-0.2, 0) is 30.9 Å². The summed E-state index contributed by atoms with van der Waals surface area (Å²) in [5.74, 6) is -0.789. The monoisotopic (exact) mass is 399 g/mol. The number of hydrogen-bond donors (Lipinski definition) is 2. The highest BCUT2D eigenvalue weighted by molar-refractivity contribution is 7.88. The number of hydrogen-bond acceptors (Lipinski definition) is 6. The predicted octanol–water partition coefficient (Wildman–Crippen LogP) is -1.38. The molecule has 3 rings (SSSR count). The van der Waals surface area contributed by atoms with Crippen molar-refractivity contribution in [3.63, 3.8) is 0 Å². The smallest absolute Gasteiger partial charge is 0.244 e. The molecule has 10 nitrogen and oxygen atoms in total. The molecule has 0 bridgehead atoms. The number of carbonyl (C=O) groups is 2. The summed E-state index contributed by atoms with van der Waals surface area (Å²) in [6.07, 6.45) is 3.83. The van der Waals surface area contributed by atoms with Crippen LogP contribution < -0.4 is 10.6 Å². The molecule has 27 heavy (non-hydrogen) atoms. The van der Waals surface area contributed by atoms with Crippen LogP contribution in [0.2, 0.25) is 0 Å². The lowest BCUT2D eigenvalue weighted by molar-refractivity contribution is -0.130. The maximum Gasteiger partial charge on any atom is 0.244 e. The van der Waals surface area contributed by atoms with Crippen molar-refractivity contribution in [2.45, 2.75) is 37.9 Å². The zero-order valence-electron chi connectivity index (χ0n) is 15.5. The van der Waals surface area contributed by atoms with Crippen molar-refractivity contribution >= 4 is 21.8 Å². The van der Waals surface area contributed by atoms with Crippen LogP contribution >= 0.6 is 0 Å². The van der Waals surface area contributed by atoms with Crippen LogP contribution in [0, 0.1) is 6.92 Å². The lowest BCUT2D eigenvalue weighted by Gasteiger charge is -2.38. The Morgan fingerprint density at radius 1 is 1.44 bits per heavy atom. The van der Waals surface area contributed by atoms with E-state index in [1.807, 2.05) is 6.92 Å². The average molecular weight is 399 g/mol. The van der Waals surface area contributed by atoms with Crippen LogP contribution in [0.1, 0.15) is 18.5 Å². The second-order valence-electron chi connectivity index (χ2n) is 7.21. The van der Waals surface area contributed by atoms with Gasteiger partial charge in [0.1, 0.15) is 12.6 Å². The molecule has 1 spiro atoms. The molecule has 2 fully saturated rings. The van der Waals surface area contributed by atoms with Gasteiger partial charge in [-0.1, -0.05) is 0 Å². The minimum Gasteiger partial charge on any atom is -0.381 e. The Hall–Kier alpha value is -1.98. The minimum absolute atomic E-state index is 0.0462. The molecule has 0 aliphatic carbocycles. The molecule has 0 radical (unpaired) electrons. The van der Waals surface area contributed by atoms with Crippen LogP contribution in [0.5, 0.6) is 0 Å². The van der Waals surface area contributed by atoms with Gasteiger partial charge in [0.25, 0.3) is 0 Å². The van der Waals surface area contributed by atoms with Gasteiger partial charge < -0.3 is 15.4 Å². The first-order valence-corrected chi connectivity index (χ1v) is 10.7. The molecule has 1 atom stereocenters. The predicted molar refractivity (Wildman–Crippen MR) is 96.2 cm³/mol. The van der Waals surface area contributed by atoms with E-state index in [0.717, 1.165) is 11.9 Å². The lowest BCUT2D eigenvalue weighted by Crippen LogP contribution is -2.58. The lowest BCUT2D eigenvalue weighted by atomic mass is 9.90. The van der Waals surface area contributed by atoms with E-state index in [9.17, 15) is 18.0 Å². The molecule has 2 amide bonds. The molecule has 1 unspecified atom stereocenters. The van der Waals surface area contributed by atoms with Gasteiger partial charge in [-0.2, -0.15) is 9.40 Å². The maximum atomic E-state index is 12.7. The Bertz CT molecular complexity index is 815. The largest absolute Gasteiger partial charge is 0.381 e. The summed E-state index contributed by atoms with van der Waals surface area (Å²) in [7, 11) is -3.54. The molecule has 0 saturated carbocycles. The van der Waals surface area contributed by atoms with Gasteiger partial charge in [0.15, 0.2) is 0 Å². The van der Waals surface area contributed by atoms with Gasteiger partial charge in [-0.25, -0.2) is 8.42 Å². The summed E-state index contributed by atoms with van der Waals surface area (Å²) in [6, 6.07) is 0.803. The number of amides is 2. The van der Waals surface area contributed by atoms with Gasteiger partial charge in [0.2, 0.25) is 21.8 Å². The van der Waals surface area contributed by atoms with Crippen LogP contribution in [0.3, 0.4) is 0 Å². The van der Waals surface area contributed by atoms with Gasteiger partial charge in [0.05, 0.1) is 17.5 Å². The minimum atomic E-state index is -3.54. The van der Waals surface area contributed by atoms with E-state index in [0.29, 0.717) is 26.1 Å². The van der Waals surface area contributed by atoms with E-state index in [4.69, 9.17) is 4.74 Å². The summed E-state index contributed by atoms with van der Waals surface area (Å²) in [5.41, 5.74) is 0.108. The summed E-state index contributed by atoms with van der Waals surface area (Å²) in [6.45, 7) is 2.74. The number of aryl methyl sites for hydroxylation is 1. The fourth-order valence-corrected chi connectivity index (χ4v) is 4.33. The Morgan fingerprint density at radius 2 is 2.15 bits per heavy atom. The third kappa shape index (κ3) is 4.85. The molecule has 2 saturated heterocycles. The third-order valence-electron chi connectivity index (χ3n) is 4.90. The molecule has 2 aliphatic rings. The zero-order chi connectivity index (χ0) is 19.7. The van der Waals surface area contributed by atoms with Gasteiger partial charge in [-0.3, -0.25) is 14.3 Å². The summed E-state index contributed by atoms with van der Waals surface area (Å²) in [5, 5.41) is 9.74. The molecule has 0 aromatic carbocycles. The van der Waals surface area contributed by atoms with E-state index >= 15 is 0 Å². The summed E-state index contributed by atoms with van der Waals surface area (Å²) < 4.78 is 32.5. The van der Waals surface area contributed by atoms with Gasteiger partial charge >= 0.3 is 0 Å². The van der Waals surface area contributed by atoms with Crippen LogP contribution in [0.15, 0.2) is 12.3 Å². The fourth-order valence-electron chi connectivity index (χ4n) is 3.42. The molecular weight excluding hydrogens is 374 g/mol. The molecule has 2 N–H and O–H groups in total. The molecule has 3 heterocycles. The summed E-state index contributed by atoms with van der Waals surface area (Å²) >= 11 is 0. The van der Waals surface area contributed by atoms with Crippen molar-refractivity contribution < 1.29 is 22.7 Å². The van der Waals surface area contributed by atoms with Gasteiger partial charge in [-0.15, -0.1) is 0 Å². The number of aromatic nitrogens is 2. The first kappa shape index (κ1) is 19.8. The molecule has 11 heteroatoms. The number of nitrogens with one attached hydrogen (secondary N) is 2. The number of carbonyl (C=O) groups excluding carboxylic acids is 2. The molecule has 1 aromatic heterocycles. The van der Waals surface area contributed by atoms with Crippen LogP contribution in [0.25, 0.3) is 0 Å². The molecule has 2 aliphatic heterocycles. The Kier molecular flexibility index (Phi) is 5.54. The highest BCUT2D eigenvalue weighted by Crippen LogP contribution is 2.25. The second kappa shape index (κ2) is 7.56. The van der Waals surface area contributed by atoms with E-state index in [-0.39, 0.29) is 25.5 Å². The Labute approximate surface area is 158 Å². The number of nitrogens with zero attached hydrogens (tertiary/aromatic N) is 3. The van der Waals surface area contributed by atoms with Crippen molar-refractivity contribution in [1.29, 1.82) is 0 Å². The normalized spacial score (nSPS) is 23.6. The van der Waals surface area contributed by atoms with Crippen LogP contribution in [-0.4, -0.2) is 78.5 Å². The summed E-state index contributed by atoms with van der Waals surface area (Å²) in [4.78, 5) is 25.1. The maximum absolute atomic E-state index is 12.7. The van der Waals surface area contributed by atoms with E-state index in [1.165, 1.54) is 8.99 Å². The Morgan fingerprint density at radius 3 is 2.74 bits per heavy atom. The highest BCUT2D eigenvalue weighted by Gasteiger charge is 2.43. The van der Waals surface area contributed by atoms with E-state index < -0.39 is 27.5 Å². The zero-order valence-corrected chi connectivity index (χ0v) is 16.3. The topological polar surface area (TPSA) is 123 Å². The van der Waals surface area contributed by atoms with Crippen LogP contribution in [0.4, 0.5) is 0 Å². The average Bonchev–Trinajstić information content (AvgIpc) is 2.92.